The average Bonchev–Trinajstić information content (AvgIpc) is 3.14. The van der Waals surface area contributed by atoms with Gasteiger partial charge in [-0.15, -0.1) is 0 Å². The molecule has 0 saturated carbocycles. The van der Waals surface area contributed by atoms with E-state index >= 15 is 0 Å². The zero-order chi connectivity index (χ0) is 18.5. The Balaban J connectivity index is 1.56. The Morgan fingerprint density at radius 2 is 1.88 bits per heavy atom. The number of benzene rings is 2. The quantitative estimate of drug-likeness (QED) is 0.563. The number of amides is 1. The molecule has 136 valence electrons. The summed E-state index contributed by atoms with van der Waals surface area (Å²) < 4.78 is 32.1. The molecular formula is C18H18F2N4O2. The van der Waals surface area contributed by atoms with Crippen molar-refractivity contribution < 1.29 is 18.3 Å². The molecule has 2 atom stereocenters. The van der Waals surface area contributed by atoms with E-state index in [1.54, 1.807) is 7.11 Å². The van der Waals surface area contributed by atoms with Crippen LogP contribution in [0.3, 0.4) is 0 Å². The predicted octanol–water partition coefficient (Wildman–Crippen LogP) is 2.03. The summed E-state index contributed by atoms with van der Waals surface area (Å²) in [7, 11) is 1.60. The van der Waals surface area contributed by atoms with Crippen molar-refractivity contribution in [1.82, 2.24) is 16.3 Å². The van der Waals surface area contributed by atoms with Crippen molar-refractivity contribution in [1.29, 1.82) is 0 Å². The minimum atomic E-state index is -0.747. The fourth-order valence-corrected chi connectivity index (χ4v) is 2.66. The topological polar surface area (TPSA) is 74.8 Å². The van der Waals surface area contributed by atoms with E-state index < -0.39 is 23.6 Å². The highest BCUT2D eigenvalue weighted by molar-refractivity contribution is 5.85. The fraction of sp³-hybridized carbons (Fsp3) is 0.222. The van der Waals surface area contributed by atoms with Crippen LogP contribution in [0, 0.1) is 11.6 Å². The summed E-state index contributed by atoms with van der Waals surface area (Å²) in [6, 6.07) is 10.4. The first kappa shape index (κ1) is 18.0. The van der Waals surface area contributed by atoms with Crippen LogP contribution in [0.25, 0.3) is 0 Å². The molecule has 0 aliphatic carbocycles. The molecule has 2 unspecified atom stereocenters. The number of rotatable bonds is 5. The van der Waals surface area contributed by atoms with Crippen LogP contribution in [0.5, 0.6) is 5.75 Å². The number of nitrogens with one attached hydrogen (secondary N) is 3. The molecule has 8 heteroatoms. The van der Waals surface area contributed by atoms with Gasteiger partial charge in [0.2, 0.25) is 0 Å². The van der Waals surface area contributed by atoms with Crippen LogP contribution in [-0.2, 0) is 4.79 Å². The number of carbonyl (C=O) groups is 1. The van der Waals surface area contributed by atoms with Crippen LogP contribution >= 0.6 is 0 Å². The molecule has 0 aromatic heterocycles. The number of methoxy groups -OCH3 is 1. The van der Waals surface area contributed by atoms with E-state index in [0.717, 1.165) is 29.7 Å². The van der Waals surface area contributed by atoms with Crippen LogP contribution < -0.4 is 21.0 Å². The molecule has 1 fully saturated rings. The molecule has 26 heavy (non-hydrogen) atoms. The molecule has 2 aromatic rings. The van der Waals surface area contributed by atoms with E-state index in [1.807, 2.05) is 24.3 Å². The predicted molar refractivity (Wildman–Crippen MR) is 92.5 cm³/mol. The van der Waals surface area contributed by atoms with Crippen molar-refractivity contribution in [2.45, 2.75) is 18.5 Å². The summed E-state index contributed by atoms with van der Waals surface area (Å²) in [5.74, 6) is -1.14. The lowest BCUT2D eigenvalue weighted by Gasteiger charge is -2.10. The number of hydrogen-bond donors (Lipinski definition) is 3. The summed E-state index contributed by atoms with van der Waals surface area (Å²) >= 11 is 0. The van der Waals surface area contributed by atoms with E-state index in [0.29, 0.717) is 6.42 Å². The molecule has 3 N–H and O–H groups in total. The molecule has 0 bridgehead atoms. The van der Waals surface area contributed by atoms with E-state index in [4.69, 9.17) is 4.74 Å². The van der Waals surface area contributed by atoms with E-state index in [-0.39, 0.29) is 11.6 Å². The summed E-state index contributed by atoms with van der Waals surface area (Å²) in [5.41, 5.74) is 8.93. The van der Waals surface area contributed by atoms with Gasteiger partial charge in [0.1, 0.15) is 23.4 Å². The van der Waals surface area contributed by atoms with Gasteiger partial charge in [-0.3, -0.25) is 4.79 Å². The maximum Gasteiger partial charge on any atom is 0.258 e. The standard InChI is InChI=1S/C18H18F2N4O2/c1-26-12-7-5-11(6-8-12)16-9-17(23-22-16)18(25)24-21-10-13-14(19)3-2-4-15(13)20/h2-8,10,16-17,22-23H,9H2,1H3,(H,24,25)/b21-10+. The van der Waals surface area contributed by atoms with Crippen LogP contribution in [0.15, 0.2) is 47.6 Å². The van der Waals surface area contributed by atoms with Gasteiger partial charge in [-0.2, -0.15) is 5.10 Å². The highest BCUT2D eigenvalue weighted by atomic mass is 19.1. The molecular weight excluding hydrogens is 342 g/mol. The van der Waals surface area contributed by atoms with Gasteiger partial charge in [0.25, 0.3) is 5.91 Å². The minimum Gasteiger partial charge on any atom is -0.497 e. The zero-order valence-corrected chi connectivity index (χ0v) is 14.0. The van der Waals surface area contributed by atoms with Gasteiger partial charge < -0.3 is 4.74 Å². The van der Waals surface area contributed by atoms with Gasteiger partial charge in [0.05, 0.1) is 18.9 Å². The van der Waals surface area contributed by atoms with Crippen LogP contribution in [0.4, 0.5) is 8.78 Å². The third kappa shape index (κ3) is 4.04. The maximum absolute atomic E-state index is 13.5. The van der Waals surface area contributed by atoms with Gasteiger partial charge in [0.15, 0.2) is 0 Å². The molecule has 1 heterocycles. The molecule has 1 aliphatic heterocycles. The number of hydrazine groups is 1. The second-order valence-electron chi connectivity index (χ2n) is 5.77. The summed E-state index contributed by atoms with van der Waals surface area (Å²) in [4.78, 5) is 12.1. The average molecular weight is 360 g/mol. The van der Waals surface area contributed by atoms with Gasteiger partial charge in [0, 0.05) is 6.04 Å². The van der Waals surface area contributed by atoms with Crippen molar-refractivity contribution in [2.75, 3.05) is 7.11 Å². The first-order valence-electron chi connectivity index (χ1n) is 8.00. The molecule has 1 aliphatic rings. The van der Waals surface area contributed by atoms with Crippen molar-refractivity contribution in [3.63, 3.8) is 0 Å². The Morgan fingerprint density at radius 1 is 1.19 bits per heavy atom. The summed E-state index contributed by atoms with van der Waals surface area (Å²) in [5, 5.41) is 3.64. The number of ether oxygens (including phenoxy) is 1. The Bertz CT molecular complexity index is 791. The third-order valence-corrected chi connectivity index (χ3v) is 4.11. The molecule has 1 saturated heterocycles. The zero-order valence-electron chi connectivity index (χ0n) is 14.0. The number of halogens is 2. The van der Waals surface area contributed by atoms with E-state index in [9.17, 15) is 13.6 Å². The SMILES string of the molecule is COc1ccc(C2CC(C(=O)N/N=C/c3c(F)cccc3F)NN2)cc1. The van der Waals surface area contributed by atoms with Crippen molar-refractivity contribution in [3.05, 3.63) is 65.2 Å². The Morgan fingerprint density at radius 3 is 2.54 bits per heavy atom. The second-order valence-corrected chi connectivity index (χ2v) is 5.77. The number of carbonyl (C=O) groups excluding carboxylic acids is 1. The Kier molecular flexibility index (Phi) is 5.55. The fourth-order valence-electron chi connectivity index (χ4n) is 2.66. The lowest BCUT2D eigenvalue weighted by Crippen LogP contribution is -2.41. The molecule has 1 amide bonds. The number of nitrogens with zero attached hydrogens (tertiary/aromatic N) is 1. The number of hydrogen-bond acceptors (Lipinski definition) is 5. The first-order valence-corrected chi connectivity index (χ1v) is 8.00. The van der Waals surface area contributed by atoms with Gasteiger partial charge in [-0.05, 0) is 36.2 Å². The number of hydrazone groups is 1. The normalized spacial score (nSPS) is 19.7. The van der Waals surface area contributed by atoms with E-state index in [1.165, 1.54) is 6.07 Å². The highest BCUT2D eigenvalue weighted by Crippen LogP contribution is 2.24. The van der Waals surface area contributed by atoms with E-state index in [2.05, 4.69) is 21.4 Å². The Hall–Kier alpha value is -2.84. The molecule has 3 rings (SSSR count). The largest absolute Gasteiger partial charge is 0.497 e. The lowest BCUT2D eigenvalue weighted by molar-refractivity contribution is -0.122. The highest BCUT2D eigenvalue weighted by Gasteiger charge is 2.30. The first-order chi connectivity index (χ1) is 12.6. The minimum absolute atomic E-state index is 0.0513. The molecule has 6 nitrogen and oxygen atoms in total. The van der Waals surface area contributed by atoms with Gasteiger partial charge >= 0.3 is 0 Å². The summed E-state index contributed by atoms with van der Waals surface area (Å²) in [6.45, 7) is 0. The van der Waals surface area contributed by atoms with Crippen molar-refractivity contribution in [3.8, 4) is 5.75 Å². The van der Waals surface area contributed by atoms with Gasteiger partial charge in [-0.25, -0.2) is 25.1 Å². The molecule has 0 spiro atoms. The molecule has 0 radical (unpaired) electrons. The van der Waals surface area contributed by atoms with Crippen molar-refractivity contribution in [2.24, 2.45) is 5.10 Å². The van der Waals surface area contributed by atoms with Crippen LogP contribution in [0.2, 0.25) is 0 Å². The van der Waals surface area contributed by atoms with Crippen molar-refractivity contribution >= 4 is 12.1 Å². The van der Waals surface area contributed by atoms with Crippen LogP contribution in [0.1, 0.15) is 23.6 Å². The summed E-state index contributed by atoms with van der Waals surface area (Å²) in [6.07, 6.45) is 1.45. The third-order valence-electron chi connectivity index (χ3n) is 4.11. The maximum atomic E-state index is 13.5. The smallest absolute Gasteiger partial charge is 0.258 e. The lowest BCUT2D eigenvalue weighted by atomic mass is 10.0. The molecule has 2 aromatic carbocycles. The monoisotopic (exact) mass is 360 g/mol. The Labute approximate surface area is 149 Å². The van der Waals surface area contributed by atoms with Gasteiger partial charge in [-0.1, -0.05) is 18.2 Å². The van der Waals surface area contributed by atoms with Crippen LogP contribution in [-0.4, -0.2) is 25.3 Å². The second kappa shape index (κ2) is 8.03.